The van der Waals surface area contributed by atoms with Crippen LogP contribution in [0, 0.1) is 0 Å². The van der Waals surface area contributed by atoms with E-state index >= 15 is 0 Å². The van der Waals surface area contributed by atoms with Crippen molar-refractivity contribution in [1.29, 1.82) is 0 Å². The van der Waals surface area contributed by atoms with Gasteiger partial charge in [-0.2, -0.15) is 0 Å². The minimum Gasteiger partial charge on any atom is -0.493 e. The molecule has 0 heterocycles. The first-order valence-corrected chi connectivity index (χ1v) is 7.25. The van der Waals surface area contributed by atoms with Gasteiger partial charge in [0.1, 0.15) is 12.0 Å². The Kier molecular flexibility index (Phi) is 6.10. The molecule has 0 aliphatic carbocycles. The predicted octanol–water partition coefficient (Wildman–Crippen LogP) is 4.01. The summed E-state index contributed by atoms with van der Waals surface area (Å²) in [7, 11) is 1.54. The minimum atomic E-state index is 0.473. The van der Waals surface area contributed by atoms with Gasteiger partial charge in [0, 0.05) is 12.0 Å². The Bertz CT molecular complexity index is 628. The van der Waals surface area contributed by atoms with Crippen molar-refractivity contribution in [1.82, 2.24) is 0 Å². The van der Waals surface area contributed by atoms with Gasteiger partial charge in [0.25, 0.3) is 0 Å². The highest BCUT2D eigenvalue weighted by Crippen LogP contribution is 2.27. The smallest absolute Gasteiger partial charge is 0.161 e. The third kappa shape index (κ3) is 4.40. The number of carbonyl (C=O) groups is 1. The van der Waals surface area contributed by atoms with Crippen LogP contribution in [0.1, 0.15) is 16.8 Å². The van der Waals surface area contributed by atoms with Crippen LogP contribution in [-0.4, -0.2) is 26.6 Å². The number of aldehydes is 1. The number of halogens is 1. The summed E-state index contributed by atoms with van der Waals surface area (Å²) in [6.45, 7) is 0.972. The number of para-hydroxylation sites is 1. The van der Waals surface area contributed by atoms with Crippen LogP contribution in [0.2, 0.25) is 5.02 Å². The van der Waals surface area contributed by atoms with Gasteiger partial charge < -0.3 is 14.2 Å². The molecule has 0 aromatic heterocycles. The van der Waals surface area contributed by atoms with Gasteiger partial charge in [0.2, 0.25) is 0 Å². The zero-order valence-corrected chi connectivity index (χ0v) is 13.0. The summed E-state index contributed by atoms with van der Waals surface area (Å²) in [5, 5.41) is 0.592. The number of ether oxygens (including phenoxy) is 3. The van der Waals surface area contributed by atoms with E-state index in [9.17, 15) is 4.79 Å². The molecule has 22 heavy (non-hydrogen) atoms. The molecule has 5 heteroatoms. The highest BCUT2D eigenvalue weighted by atomic mass is 35.5. The van der Waals surface area contributed by atoms with Crippen molar-refractivity contribution < 1.29 is 19.0 Å². The summed E-state index contributed by atoms with van der Waals surface area (Å²) in [5.74, 6) is 1.81. The lowest BCUT2D eigenvalue weighted by atomic mass is 10.2. The van der Waals surface area contributed by atoms with E-state index in [1.807, 2.05) is 18.2 Å². The molecule has 0 saturated carbocycles. The van der Waals surface area contributed by atoms with Gasteiger partial charge in [-0.15, -0.1) is 0 Å². The average molecular weight is 321 g/mol. The number of methoxy groups -OCH3 is 1. The lowest BCUT2D eigenvalue weighted by Crippen LogP contribution is -2.06. The maximum Gasteiger partial charge on any atom is 0.161 e. The van der Waals surface area contributed by atoms with Crippen molar-refractivity contribution in [3.63, 3.8) is 0 Å². The molecular formula is C17H17ClO4. The quantitative estimate of drug-likeness (QED) is 0.544. The van der Waals surface area contributed by atoms with E-state index in [4.69, 9.17) is 25.8 Å². The largest absolute Gasteiger partial charge is 0.493 e. The van der Waals surface area contributed by atoms with Gasteiger partial charge >= 0.3 is 0 Å². The fourth-order valence-electron chi connectivity index (χ4n) is 1.86. The highest BCUT2D eigenvalue weighted by Gasteiger charge is 2.05. The molecule has 0 saturated heterocycles. The first-order chi connectivity index (χ1) is 10.7. The Hall–Kier alpha value is -2.20. The lowest BCUT2D eigenvalue weighted by Gasteiger charge is -2.11. The Morgan fingerprint density at radius 2 is 1.73 bits per heavy atom. The van der Waals surface area contributed by atoms with Crippen molar-refractivity contribution >= 4 is 17.9 Å². The van der Waals surface area contributed by atoms with Gasteiger partial charge in [0.15, 0.2) is 11.5 Å². The molecule has 116 valence electrons. The topological polar surface area (TPSA) is 44.8 Å². The summed E-state index contributed by atoms with van der Waals surface area (Å²) >= 11 is 6.00. The Morgan fingerprint density at radius 3 is 2.41 bits per heavy atom. The van der Waals surface area contributed by atoms with Crippen molar-refractivity contribution in [2.24, 2.45) is 0 Å². The van der Waals surface area contributed by atoms with E-state index in [-0.39, 0.29) is 0 Å². The van der Waals surface area contributed by atoms with Crippen LogP contribution in [-0.2, 0) is 0 Å². The van der Waals surface area contributed by atoms with Gasteiger partial charge in [-0.05, 0) is 30.3 Å². The number of carbonyl (C=O) groups excluding carboxylic acids is 1. The second-order valence-electron chi connectivity index (χ2n) is 4.51. The third-order valence-corrected chi connectivity index (χ3v) is 3.28. The molecule has 2 rings (SSSR count). The molecule has 0 spiro atoms. The molecule has 0 amide bonds. The van der Waals surface area contributed by atoms with Crippen LogP contribution >= 0.6 is 11.6 Å². The first-order valence-electron chi connectivity index (χ1n) is 6.88. The molecule has 2 aromatic carbocycles. The average Bonchev–Trinajstić information content (AvgIpc) is 2.56. The highest BCUT2D eigenvalue weighted by molar-refractivity contribution is 6.32. The summed E-state index contributed by atoms with van der Waals surface area (Å²) in [5.41, 5.74) is 0.547. The Morgan fingerprint density at radius 1 is 1.00 bits per heavy atom. The van der Waals surface area contributed by atoms with Crippen LogP contribution in [0.5, 0.6) is 17.2 Å². The third-order valence-electron chi connectivity index (χ3n) is 2.96. The minimum absolute atomic E-state index is 0.473. The monoisotopic (exact) mass is 320 g/mol. The fraction of sp³-hybridized carbons (Fsp3) is 0.235. The molecule has 0 radical (unpaired) electrons. The van der Waals surface area contributed by atoms with Gasteiger partial charge in [-0.1, -0.05) is 23.7 Å². The second kappa shape index (κ2) is 8.29. The maximum absolute atomic E-state index is 10.7. The number of benzene rings is 2. The molecule has 0 aliphatic heterocycles. The normalized spacial score (nSPS) is 10.1. The molecule has 0 fully saturated rings. The zero-order valence-electron chi connectivity index (χ0n) is 12.3. The van der Waals surface area contributed by atoms with Crippen molar-refractivity contribution in [2.75, 3.05) is 20.3 Å². The van der Waals surface area contributed by atoms with Crippen LogP contribution in [0.25, 0.3) is 0 Å². The molecule has 0 N–H and O–H groups in total. The maximum atomic E-state index is 10.7. The van der Waals surface area contributed by atoms with E-state index < -0.39 is 0 Å². The van der Waals surface area contributed by atoms with Crippen molar-refractivity contribution in [2.45, 2.75) is 6.42 Å². The number of hydrogen-bond acceptors (Lipinski definition) is 4. The van der Waals surface area contributed by atoms with Gasteiger partial charge in [-0.3, -0.25) is 4.79 Å². The van der Waals surface area contributed by atoms with Crippen molar-refractivity contribution in [3.8, 4) is 17.2 Å². The molecular weight excluding hydrogens is 304 g/mol. The fourth-order valence-corrected chi connectivity index (χ4v) is 2.05. The Balaban J connectivity index is 1.79. The van der Waals surface area contributed by atoms with Crippen LogP contribution in [0.4, 0.5) is 0 Å². The predicted molar refractivity (Wildman–Crippen MR) is 85.4 cm³/mol. The molecule has 0 bridgehead atoms. The van der Waals surface area contributed by atoms with E-state index in [2.05, 4.69) is 0 Å². The lowest BCUT2D eigenvalue weighted by molar-refractivity contribution is 0.112. The number of rotatable bonds is 8. The van der Waals surface area contributed by atoms with Crippen molar-refractivity contribution in [3.05, 3.63) is 53.1 Å². The molecule has 2 aromatic rings. The molecule has 4 nitrogen and oxygen atoms in total. The Labute approximate surface area is 134 Å². The summed E-state index contributed by atoms with van der Waals surface area (Å²) in [6, 6.07) is 12.4. The first kappa shape index (κ1) is 16.2. The van der Waals surface area contributed by atoms with Gasteiger partial charge in [0.05, 0.1) is 25.3 Å². The van der Waals surface area contributed by atoms with Crippen LogP contribution in [0.3, 0.4) is 0 Å². The standard InChI is InChI=1S/C17H17ClO4/c1-20-17-11-13(12-19)7-8-16(17)22-10-4-9-21-15-6-3-2-5-14(15)18/h2-3,5-8,11-12H,4,9-10H2,1H3. The van der Waals surface area contributed by atoms with E-state index in [1.54, 1.807) is 24.3 Å². The second-order valence-corrected chi connectivity index (χ2v) is 4.92. The van der Waals surface area contributed by atoms with Crippen LogP contribution < -0.4 is 14.2 Å². The summed E-state index contributed by atoms with van der Waals surface area (Å²) in [4.78, 5) is 10.7. The number of hydrogen-bond donors (Lipinski definition) is 0. The van der Waals surface area contributed by atoms with E-state index in [1.165, 1.54) is 7.11 Å². The summed E-state index contributed by atoms with van der Waals surface area (Å²) in [6.07, 6.45) is 1.47. The summed E-state index contributed by atoms with van der Waals surface area (Å²) < 4.78 is 16.4. The molecule has 0 aliphatic rings. The molecule has 0 unspecified atom stereocenters. The van der Waals surface area contributed by atoms with E-state index in [0.717, 1.165) is 6.29 Å². The van der Waals surface area contributed by atoms with E-state index in [0.29, 0.717) is 47.5 Å². The zero-order chi connectivity index (χ0) is 15.8. The van der Waals surface area contributed by atoms with Gasteiger partial charge in [-0.25, -0.2) is 0 Å². The molecule has 0 atom stereocenters. The SMILES string of the molecule is COc1cc(C=O)ccc1OCCCOc1ccccc1Cl. The van der Waals surface area contributed by atoms with Crippen LogP contribution in [0.15, 0.2) is 42.5 Å².